The highest BCUT2D eigenvalue weighted by atomic mass is 19.4. The van der Waals surface area contributed by atoms with Gasteiger partial charge < -0.3 is 0 Å². The third-order valence-electron chi connectivity index (χ3n) is 9.21. The number of hydrogen-bond acceptors (Lipinski definition) is 2. The molecule has 0 bridgehead atoms. The molecule has 210 valence electrons. The topological polar surface area (TPSA) is 29.4 Å². The van der Waals surface area contributed by atoms with Crippen LogP contribution < -0.4 is 0 Å². The molecule has 0 amide bonds. The quantitative estimate of drug-likeness (QED) is 0.368. The van der Waals surface area contributed by atoms with Crippen molar-refractivity contribution < 1.29 is 18.0 Å². The van der Waals surface area contributed by atoms with Crippen LogP contribution in [0.1, 0.15) is 97.1 Å². The molecular formula is C34H42F3NO. The fourth-order valence-electron chi connectivity index (χ4n) is 6.41. The van der Waals surface area contributed by atoms with Gasteiger partial charge in [-0.3, -0.25) is 9.79 Å². The van der Waals surface area contributed by atoms with Gasteiger partial charge in [0.15, 0.2) is 0 Å². The van der Waals surface area contributed by atoms with Gasteiger partial charge in [-0.05, 0) is 92.4 Å². The number of rotatable bonds is 5. The average Bonchev–Trinajstić information content (AvgIpc) is 3.03. The van der Waals surface area contributed by atoms with Gasteiger partial charge in [-0.1, -0.05) is 82.2 Å². The van der Waals surface area contributed by atoms with Crippen LogP contribution >= 0.6 is 0 Å². The number of alkyl halides is 3. The maximum absolute atomic E-state index is 13.7. The molecule has 0 aromatic heterocycles. The van der Waals surface area contributed by atoms with Gasteiger partial charge in [-0.25, -0.2) is 0 Å². The van der Waals surface area contributed by atoms with Crippen molar-refractivity contribution in [2.24, 2.45) is 22.2 Å². The van der Waals surface area contributed by atoms with Crippen LogP contribution in [0, 0.1) is 17.3 Å². The molecular weight excluding hydrogens is 495 g/mol. The molecule has 1 fully saturated rings. The average molecular weight is 538 g/mol. The van der Waals surface area contributed by atoms with E-state index in [1.54, 1.807) is 12.1 Å². The standard InChI is InChI=1S/C34H42F3NO/c1-7-22(2)24-11-13-25(14-12-24)23(3)27-20-30(39)31(26-9-8-10-29(19-26)34(35,36)37)38-33(21-27)17-15-28(16-18-33)32(4,5)6/h8-11,13,19-20,23,28H,2,7,12,14-18,21H2,1,3-6H3. The molecule has 1 atom stereocenters. The van der Waals surface area contributed by atoms with Crippen molar-refractivity contribution in [2.45, 2.75) is 97.7 Å². The summed E-state index contributed by atoms with van der Waals surface area (Å²) in [6.07, 6.45) is 8.62. The second-order valence-electron chi connectivity index (χ2n) is 12.8. The Morgan fingerprint density at radius 1 is 1.10 bits per heavy atom. The Bertz CT molecular complexity index is 1240. The van der Waals surface area contributed by atoms with E-state index in [0.717, 1.165) is 68.2 Å². The maximum Gasteiger partial charge on any atom is 0.416 e. The number of hydrogen-bond donors (Lipinski definition) is 0. The van der Waals surface area contributed by atoms with Crippen LogP contribution in [0.4, 0.5) is 13.2 Å². The number of aliphatic imine (C=N–C) groups is 1. The first-order chi connectivity index (χ1) is 18.2. The lowest BCUT2D eigenvalue weighted by molar-refractivity contribution is -0.137. The van der Waals surface area contributed by atoms with E-state index in [4.69, 9.17) is 4.99 Å². The molecule has 1 aliphatic heterocycles. The summed E-state index contributed by atoms with van der Waals surface area (Å²) in [6.45, 7) is 15.2. The second-order valence-corrected chi connectivity index (χ2v) is 12.8. The predicted octanol–water partition coefficient (Wildman–Crippen LogP) is 9.62. The fourth-order valence-corrected chi connectivity index (χ4v) is 6.41. The molecule has 2 nitrogen and oxygen atoms in total. The molecule has 1 aromatic rings. The monoisotopic (exact) mass is 537 g/mol. The summed E-state index contributed by atoms with van der Waals surface area (Å²) < 4.78 is 40.6. The van der Waals surface area contributed by atoms with Crippen LogP contribution in [0.3, 0.4) is 0 Å². The molecule has 0 N–H and O–H groups in total. The first kappa shape index (κ1) is 29.3. The first-order valence-corrected chi connectivity index (χ1v) is 14.3. The predicted molar refractivity (Wildman–Crippen MR) is 154 cm³/mol. The SMILES string of the molecule is C=C(CC)C1=CC=C(C(C)C2=CC(=O)C(c3cccc(C(F)(F)F)c3)=NC3(CCC(C(C)(C)C)CC3)C2)CC1. The molecule has 1 unspecified atom stereocenters. The van der Waals surface area contributed by atoms with E-state index in [1.807, 2.05) is 0 Å². The molecule has 4 rings (SSSR count). The summed E-state index contributed by atoms with van der Waals surface area (Å²) in [5.74, 6) is 0.323. The smallest absolute Gasteiger partial charge is 0.288 e. The van der Waals surface area contributed by atoms with E-state index in [0.29, 0.717) is 12.3 Å². The Kier molecular flexibility index (Phi) is 8.31. The summed E-state index contributed by atoms with van der Waals surface area (Å²) in [5, 5.41) is 0. The van der Waals surface area contributed by atoms with Crippen molar-refractivity contribution >= 4 is 11.5 Å². The van der Waals surface area contributed by atoms with Gasteiger partial charge in [0.05, 0.1) is 11.1 Å². The van der Waals surface area contributed by atoms with E-state index in [-0.39, 0.29) is 28.4 Å². The zero-order valence-electron chi connectivity index (χ0n) is 24.0. The highest BCUT2D eigenvalue weighted by molar-refractivity contribution is 6.50. The molecule has 39 heavy (non-hydrogen) atoms. The van der Waals surface area contributed by atoms with Crippen LogP contribution in [-0.4, -0.2) is 17.0 Å². The van der Waals surface area contributed by atoms with Gasteiger partial charge in [0, 0.05) is 5.56 Å². The summed E-state index contributed by atoms with van der Waals surface area (Å²) in [7, 11) is 0. The van der Waals surface area contributed by atoms with E-state index in [9.17, 15) is 18.0 Å². The normalized spacial score (nSPS) is 25.3. The minimum atomic E-state index is -4.48. The summed E-state index contributed by atoms with van der Waals surface area (Å²) in [6, 6.07) is 5.07. The van der Waals surface area contributed by atoms with Crippen LogP contribution in [0.5, 0.6) is 0 Å². The van der Waals surface area contributed by atoms with Crippen molar-refractivity contribution in [3.05, 3.63) is 82.5 Å². The second kappa shape index (κ2) is 11.1. The molecule has 1 aromatic carbocycles. The van der Waals surface area contributed by atoms with Gasteiger partial charge >= 0.3 is 6.18 Å². The number of carbonyl (C=O) groups is 1. The number of carbonyl (C=O) groups excluding carboxylic acids is 1. The van der Waals surface area contributed by atoms with Gasteiger partial charge in [0.25, 0.3) is 0 Å². The van der Waals surface area contributed by atoms with Gasteiger partial charge in [0.2, 0.25) is 5.78 Å². The Hall–Kier alpha value is -2.69. The molecule has 2 aliphatic carbocycles. The van der Waals surface area contributed by atoms with E-state index >= 15 is 0 Å². The lowest BCUT2D eigenvalue weighted by atomic mass is 9.65. The third kappa shape index (κ3) is 6.56. The van der Waals surface area contributed by atoms with Crippen LogP contribution in [0.2, 0.25) is 0 Å². The molecule has 0 saturated heterocycles. The minimum Gasteiger partial charge on any atom is -0.288 e. The summed E-state index contributed by atoms with van der Waals surface area (Å²) in [5.41, 5.74) is 4.12. The molecule has 3 aliphatic rings. The number of benzene rings is 1. The van der Waals surface area contributed by atoms with E-state index in [1.165, 1.54) is 17.2 Å². The van der Waals surface area contributed by atoms with Crippen LogP contribution in [-0.2, 0) is 11.0 Å². The largest absolute Gasteiger partial charge is 0.416 e. The molecule has 1 heterocycles. The molecule has 5 heteroatoms. The number of nitrogens with zero attached hydrogens (tertiary/aromatic N) is 1. The fraction of sp³-hybridized carbons (Fsp3) is 0.529. The van der Waals surface area contributed by atoms with Gasteiger partial charge in [-0.2, -0.15) is 13.2 Å². The first-order valence-electron chi connectivity index (χ1n) is 14.3. The van der Waals surface area contributed by atoms with Gasteiger partial charge in [0.1, 0.15) is 5.71 Å². The van der Waals surface area contributed by atoms with Crippen molar-refractivity contribution in [3.8, 4) is 0 Å². The Balaban J connectivity index is 1.73. The molecule has 0 radical (unpaired) electrons. The number of allylic oxidation sites excluding steroid dienone is 6. The zero-order valence-corrected chi connectivity index (χ0v) is 24.0. The van der Waals surface area contributed by atoms with E-state index in [2.05, 4.69) is 53.3 Å². The highest BCUT2D eigenvalue weighted by Crippen LogP contribution is 2.48. The minimum absolute atomic E-state index is 0.0647. The van der Waals surface area contributed by atoms with E-state index < -0.39 is 17.3 Å². The Morgan fingerprint density at radius 3 is 2.36 bits per heavy atom. The summed E-state index contributed by atoms with van der Waals surface area (Å²) in [4.78, 5) is 18.8. The highest BCUT2D eigenvalue weighted by Gasteiger charge is 2.42. The zero-order chi connectivity index (χ0) is 28.6. The lowest BCUT2D eigenvalue weighted by Crippen LogP contribution is -2.37. The number of halogens is 3. The van der Waals surface area contributed by atoms with Crippen LogP contribution in [0.25, 0.3) is 0 Å². The van der Waals surface area contributed by atoms with Crippen LogP contribution in [0.15, 0.2) is 76.4 Å². The Morgan fingerprint density at radius 2 is 1.79 bits per heavy atom. The number of ketones is 1. The van der Waals surface area contributed by atoms with Crippen molar-refractivity contribution in [1.29, 1.82) is 0 Å². The van der Waals surface area contributed by atoms with Crippen molar-refractivity contribution in [3.63, 3.8) is 0 Å². The lowest BCUT2D eigenvalue weighted by Gasteiger charge is -2.43. The van der Waals surface area contributed by atoms with Crippen molar-refractivity contribution in [1.82, 2.24) is 0 Å². The molecule has 1 spiro atoms. The Labute approximate surface area is 231 Å². The third-order valence-corrected chi connectivity index (χ3v) is 9.21. The van der Waals surface area contributed by atoms with Crippen molar-refractivity contribution in [2.75, 3.05) is 0 Å². The maximum atomic E-state index is 13.7. The van der Waals surface area contributed by atoms with Gasteiger partial charge in [-0.15, -0.1) is 0 Å². The summed E-state index contributed by atoms with van der Waals surface area (Å²) >= 11 is 0. The molecule has 1 saturated carbocycles.